The Morgan fingerprint density at radius 1 is 0.821 bits per heavy atom. The molecule has 1 aliphatic rings. The van der Waals surface area contributed by atoms with Gasteiger partial charge in [0.15, 0.2) is 0 Å². The molecule has 1 heterocycles. The highest BCUT2D eigenvalue weighted by Crippen LogP contribution is 2.21. The molecule has 0 radical (unpaired) electrons. The standard InChI is InChI=1S/C30H34ClN5O3/c31-26-9-4-8-24(20-26)29(38)34-27-21-25(28(37)33-14-12-22-6-2-1-3-7-22)11-10-23(27)13-17-35-15-5-16-36(19-18-35)30(32)39/h1-4,6-11,20-21H,5,12-19H2,(H2,32,39)(H,33,37)(H,34,38). The summed E-state index contributed by atoms with van der Waals surface area (Å²) in [6.07, 6.45) is 2.24. The van der Waals surface area contributed by atoms with Crippen LogP contribution in [0.2, 0.25) is 5.02 Å². The van der Waals surface area contributed by atoms with Crippen molar-refractivity contribution < 1.29 is 14.4 Å². The van der Waals surface area contributed by atoms with Crippen LogP contribution in [0.15, 0.2) is 72.8 Å². The van der Waals surface area contributed by atoms with Gasteiger partial charge in [-0.3, -0.25) is 9.59 Å². The summed E-state index contributed by atoms with van der Waals surface area (Å²) in [6, 6.07) is 21.7. The summed E-state index contributed by atoms with van der Waals surface area (Å²) in [6.45, 7) is 4.09. The van der Waals surface area contributed by atoms with E-state index < -0.39 is 0 Å². The number of hydrogen-bond donors (Lipinski definition) is 3. The molecule has 0 saturated carbocycles. The molecule has 4 rings (SSSR count). The average Bonchev–Trinajstić information content (AvgIpc) is 3.19. The highest BCUT2D eigenvalue weighted by molar-refractivity contribution is 6.31. The summed E-state index contributed by atoms with van der Waals surface area (Å²) in [5.41, 5.74) is 9.02. The largest absolute Gasteiger partial charge is 0.352 e. The molecule has 1 saturated heterocycles. The van der Waals surface area contributed by atoms with Crippen molar-refractivity contribution >= 4 is 35.1 Å². The summed E-state index contributed by atoms with van der Waals surface area (Å²) in [5.74, 6) is -0.498. The number of urea groups is 1. The fourth-order valence-corrected chi connectivity index (χ4v) is 4.83. The average molecular weight is 548 g/mol. The molecule has 9 heteroatoms. The Kier molecular flexibility index (Phi) is 9.94. The maximum Gasteiger partial charge on any atom is 0.314 e. The van der Waals surface area contributed by atoms with E-state index >= 15 is 0 Å². The Bertz CT molecular complexity index is 1300. The van der Waals surface area contributed by atoms with Crippen LogP contribution >= 0.6 is 11.6 Å². The molecule has 3 aromatic rings. The number of nitrogens with two attached hydrogens (primary N) is 1. The summed E-state index contributed by atoms with van der Waals surface area (Å²) in [5, 5.41) is 6.43. The number of nitrogens with zero attached hydrogens (tertiary/aromatic N) is 2. The lowest BCUT2D eigenvalue weighted by Crippen LogP contribution is -2.38. The minimum absolute atomic E-state index is 0.199. The number of rotatable bonds is 9. The van der Waals surface area contributed by atoms with E-state index in [1.165, 1.54) is 0 Å². The first-order chi connectivity index (χ1) is 18.9. The van der Waals surface area contributed by atoms with Crippen molar-refractivity contribution in [1.82, 2.24) is 15.1 Å². The Balaban J connectivity index is 1.46. The van der Waals surface area contributed by atoms with Crippen molar-refractivity contribution in [2.75, 3.05) is 44.6 Å². The molecule has 4 N–H and O–H groups in total. The van der Waals surface area contributed by atoms with E-state index in [1.54, 1.807) is 41.3 Å². The minimum atomic E-state index is -0.388. The first kappa shape index (κ1) is 28.1. The van der Waals surface area contributed by atoms with Gasteiger partial charge in [0, 0.05) is 54.6 Å². The number of halogens is 1. The first-order valence-corrected chi connectivity index (χ1v) is 13.6. The van der Waals surface area contributed by atoms with Crippen LogP contribution in [0.25, 0.3) is 0 Å². The molecule has 0 aliphatic carbocycles. The van der Waals surface area contributed by atoms with Crippen LogP contribution in [0, 0.1) is 0 Å². The van der Waals surface area contributed by atoms with Crippen molar-refractivity contribution in [3.8, 4) is 0 Å². The Hall–Kier alpha value is -3.88. The van der Waals surface area contributed by atoms with E-state index in [2.05, 4.69) is 15.5 Å². The number of carbonyl (C=O) groups is 3. The molecule has 0 spiro atoms. The SMILES string of the molecule is NC(=O)N1CCCN(CCc2ccc(C(=O)NCCc3ccccc3)cc2NC(=O)c2cccc(Cl)c2)CC1. The van der Waals surface area contributed by atoms with Gasteiger partial charge in [-0.25, -0.2) is 4.79 Å². The zero-order chi connectivity index (χ0) is 27.6. The highest BCUT2D eigenvalue weighted by atomic mass is 35.5. The van der Waals surface area contributed by atoms with Crippen LogP contribution in [0.5, 0.6) is 0 Å². The van der Waals surface area contributed by atoms with Gasteiger partial charge in [-0.2, -0.15) is 0 Å². The van der Waals surface area contributed by atoms with Gasteiger partial charge in [-0.15, -0.1) is 0 Å². The Labute approximate surface area is 234 Å². The van der Waals surface area contributed by atoms with Gasteiger partial charge in [-0.1, -0.05) is 54.1 Å². The third kappa shape index (κ3) is 8.30. The molecule has 39 heavy (non-hydrogen) atoms. The zero-order valence-electron chi connectivity index (χ0n) is 21.9. The second-order valence-corrected chi connectivity index (χ2v) is 10.0. The molecule has 0 aromatic heterocycles. The van der Waals surface area contributed by atoms with E-state index in [0.717, 1.165) is 43.6 Å². The third-order valence-electron chi connectivity index (χ3n) is 6.85. The van der Waals surface area contributed by atoms with Crippen LogP contribution in [-0.4, -0.2) is 66.9 Å². The number of hydrogen-bond acceptors (Lipinski definition) is 4. The lowest BCUT2D eigenvalue weighted by molar-refractivity contribution is 0.0952. The number of anilines is 1. The van der Waals surface area contributed by atoms with E-state index in [-0.39, 0.29) is 17.8 Å². The van der Waals surface area contributed by atoms with Gasteiger partial charge >= 0.3 is 6.03 Å². The van der Waals surface area contributed by atoms with Gasteiger partial charge in [0.2, 0.25) is 0 Å². The van der Waals surface area contributed by atoms with Crippen molar-refractivity contribution in [3.05, 3.63) is 100 Å². The molecule has 204 valence electrons. The number of benzene rings is 3. The summed E-state index contributed by atoms with van der Waals surface area (Å²) in [4.78, 5) is 41.5. The molecular weight excluding hydrogens is 514 g/mol. The van der Waals surface area contributed by atoms with E-state index in [4.69, 9.17) is 17.3 Å². The number of primary amides is 1. The lowest BCUT2D eigenvalue weighted by Gasteiger charge is -2.21. The molecule has 1 fully saturated rings. The van der Waals surface area contributed by atoms with E-state index in [0.29, 0.717) is 47.9 Å². The topological polar surface area (TPSA) is 108 Å². The van der Waals surface area contributed by atoms with Gasteiger partial charge in [0.05, 0.1) is 0 Å². The molecular formula is C30H34ClN5O3. The second kappa shape index (κ2) is 13.8. The predicted molar refractivity (Wildman–Crippen MR) is 154 cm³/mol. The second-order valence-electron chi connectivity index (χ2n) is 9.60. The molecule has 3 aromatic carbocycles. The van der Waals surface area contributed by atoms with Crippen molar-refractivity contribution in [2.24, 2.45) is 5.73 Å². The molecule has 0 atom stereocenters. The molecule has 4 amide bonds. The van der Waals surface area contributed by atoms with Crippen LogP contribution in [0.3, 0.4) is 0 Å². The molecule has 1 aliphatic heterocycles. The van der Waals surface area contributed by atoms with Gasteiger partial charge in [0.25, 0.3) is 11.8 Å². The maximum absolute atomic E-state index is 13.0. The van der Waals surface area contributed by atoms with Crippen molar-refractivity contribution in [3.63, 3.8) is 0 Å². The predicted octanol–water partition coefficient (Wildman–Crippen LogP) is 4.19. The lowest BCUT2D eigenvalue weighted by atomic mass is 10.0. The van der Waals surface area contributed by atoms with Crippen LogP contribution in [0.4, 0.5) is 10.5 Å². The fourth-order valence-electron chi connectivity index (χ4n) is 4.64. The van der Waals surface area contributed by atoms with Crippen LogP contribution in [0.1, 0.15) is 38.3 Å². The quantitative estimate of drug-likeness (QED) is 0.373. The number of carbonyl (C=O) groups excluding carboxylic acids is 3. The number of amides is 4. The smallest absolute Gasteiger partial charge is 0.314 e. The first-order valence-electron chi connectivity index (χ1n) is 13.2. The molecule has 0 unspecified atom stereocenters. The Morgan fingerprint density at radius 2 is 1.62 bits per heavy atom. The monoisotopic (exact) mass is 547 g/mol. The van der Waals surface area contributed by atoms with E-state index in [1.807, 2.05) is 36.4 Å². The maximum atomic E-state index is 13.0. The summed E-state index contributed by atoms with van der Waals surface area (Å²) in [7, 11) is 0. The van der Waals surface area contributed by atoms with Crippen molar-refractivity contribution in [2.45, 2.75) is 19.3 Å². The van der Waals surface area contributed by atoms with Crippen LogP contribution < -0.4 is 16.4 Å². The summed E-state index contributed by atoms with van der Waals surface area (Å²) >= 11 is 6.09. The van der Waals surface area contributed by atoms with Crippen molar-refractivity contribution in [1.29, 1.82) is 0 Å². The summed E-state index contributed by atoms with van der Waals surface area (Å²) < 4.78 is 0. The highest BCUT2D eigenvalue weighted by Gasteiger charge is 2.18. The van der Waals surface area contributed by atoms with Gasteiger partial charge in [0.1, 0.15) is 0 Å². The Morgan fingerprint density at radius 3 is 2.38 bits per heavy atom. The van der Waals surface area contributed by atoms with Gasteiger partial charge in [-0.05, 0) is 67.3 Å². The van der Waals surface area contributed by atoms with Gasteiger partial charge < -0.3 is 26.2 Å². The normalized spacial score (nSPS) is 13.9. The van der Waals surface area contributed by atoms with Crippen LogP contribution in [-0.2, 0) is 12.8 Å². The minimum Gasteiger partial charge on any atom is -0.352 e. The van der Waals surface area contributed by atoms with E-state index in [9.17, 15) is 14.4 Å². The molecule has 0 bridgehead atoms. The molecule has 8 nitrogen and oxygen atoms in total. The fraction of sp³-hybridized carbons (Fsp3) is 0.300. The zero-order valence-corrected chi connectivity index (χ0v) is 22.6. The number of nitrogens with one attached hydrogen (secondary N) is 2. The third-order valence-corrected chi connectivity index (χ3v) is 7.08.